The third kappa shape index (κ3) is 10.3. The van der Waals surface area contributed by atoms with Gasteiger partial charge in [-0.15, -0.1) is 0 Å². The second kappa shape index (κ2) is 22.9. The highest BCUT2D eigenvalue weighted by molar-refractivity contribution is 6.11. The summed E-state index contributed by atoms with van der Waals surface area (Å²) in [5.74, 6) is -0.824. The van der Waals surface area contributed by atoms with Crippen LogP contribution in [-0.4, -0.2) is 48.0 Å². The van der Waals surface area contributed by atoms with Crippen LogP contribution in [0, 0.1) is 0 Å². The molecule has 10 aromatic carbocycles. The van der Waals surface area contributed by atoms with E-state index in [1.54, 1.807) is 13.7 Å². The zero-order valence-corrected chi connectivity index (χ0v) is 56.5. The predicted molar refractivity (Wildman–Crippen MR) is 399 cm³/mol. The number of nitrogens with one attached hydrogen (secondary N) is 3. The standard InChI is InChI=1S/C87H72N6O6/c1-85(2,3)88-79(94)76-61-34-22-19-31-58(61)73-70(49-25-13-10-14-26-49)67-46-52(37-40-64(67)82(97)91(73)76)55-43-56(53-38-41-65-68(47-53)71(50-27-15-11-16-28-50)74-59-32-20-23-35-62(59)77(92(74)83(65)98)80(95)89-86(4,5)6)45-57(44-55)54-39-42-66-69(48-54)72(51-29-17-12-18-30-51)75-60-33-21-24-36-63(60)78(93(75)84(66)99)81(96)90-87(7,8)9/h10-48,76-78H,1-9H3,(H,88,94)(H,89,95)(H,90,96). The molecular weight excluding hydrogens is 1220 g/mol. The van der Waals surface area contributed by atoms with E-state index in [4.69, 9.17) is 0 Å². The van der Waals surface area contributed by atoms with Gasteiger partial charge in [0.25, 0.3) is 16.7 Å². The summed E-state index contributed by atoms with van der Waals surface area (Å²) in [4.78, 5) is 90.7. The van der Waals surface area contributed by atoms with Gasteiger partial charge in [-0.25, -0.2) is 0 Å². The van der Waals surface area contributed by atoms with Crippen molar-refractivity contribution in [1.29, 1.82) is 0 Å². The van der Waals surface area contributed by atoms with Gasteiger partial charge in [-0.3, -0.25) is 42.5 Å². The molecule has 3 aliphatic heterocycles. The van der Waals surface area contributed by atoms with E-state index in [1.807, 2.05) is 263 Å². The Kier molecular flexibility index (Phi) is 14.4. The van der Waals surface area contributed by atoms with Gasteiger partial charge in [0.05, 0.1) is 17.1 Å². The molecule has 3 N–H and O–H groups in total. The largest absolute Gasteiger partial charge is 0.349 e. The van der Waals surface area contributed by atoms with Crippen molar-refractivity contribution in [3.8, 4) is 101 Å². The summed E-state index contributed by atoms with van der Waals surface area (Å²) < 4.78 is 5.05. The summed E-state index contributed by atoms with van der Waals surface area (Å²) in [5, 5.41) is 13.0. The molecule has 3 amide bonds. The summed E-state index contributed by atoms with van der Waals surface area (Å²) in [6.07, 6.45) is 0. The van der Waals surface area contributed by atoms with Gasteiger partial charge in [-0.1, -0.05) is 182 Å². The van der Waals surface area contributed by atoms with E-state index >= 15 is 14.4 Å². The lowest BCUT2D eigenvalue weighted by Crippen LogP contribution is -2.45. The molecular formula is C87H72N6O6. The smallest absolute Gasteiger partial charge is 0.259 e. The van der Waals surface area contributed by atoms with Crippen molar-refractivity contribution in [3.63, 3.8) is 0 Å². The number of amides is 3. The number of carbonyl (C=O) groups excluding carboxylic acids is 3. The van der Waals surface area contributed by atoms with Gasteiger partial charge in [-0.05, 0) is 200 Å². The Morgan fingerprint density at radius 2 is 0.515 bits per heavy atom. The number of fused-ring (bicyclic) bond motifs is 12. The third-order valence-corrected chi connectivity index (χ3v) is 19.3. The molecule has 3 aromatic heterocycles. The average Bonchev–Trinajstić information content (AvgIpc) is 1.55. The molecule has 0 saturated carbocycles. The molecule has 486 valence electrons. The topological polar surface area (TPSA) is 153 Å². The molecule has 0 fully saturated rings. The third-order valence-electron chi connectivity index (χ3n) is 19.3. The van der Waals surface area contributed by atoms with Crippen molar-refractivity contribution in [2.45, 2.75) is 97.1 Å². The molecule has 12 heteroatoms. The first-order valence-electron chi connectivity index (χ1n) is 33.7. The minimum absolute atomic E-state index is 0.275. The van der Waals surface area contributed by atoms with Crippen LogP contribution < -0.4 is 32.6 Å². The lowest BCUT2D eigenvalue weighted by Gasteiger charge is -2.25. The van der Waals surface area contributed by atoms with Crippen LogP contribution in [0.15, 0.2) is 251 Å². The maximum atomic E-state index is 15.6. The van der Waals surface area contributed by atoms with Crippen LogP contribution in [0.1, 0.15) is 97.1 Å². The van der Waals surface area contributed by atoms with Gasteiger partial charge in [0.15, 0.2) is 0 Å². The minimum atomic E-state index is -0.926. The van der Waals surface area contributed by atoms with Gasteiger partial charge in [0, 0.05) is 66.2 Å². The summed E-state index contributed by atoms with van der Waals surface area (Å²) in [6, 6.07) is 75.0. The van der Waals surface area contributed by atoms with Crippen LogP contribution in [0.5, 0.6) is 0 Å². The van der Waals surface area contributed by atoms with Crippen LogP contribution in [-0.2, 0) is 14.4 Å². The van der Waals surface area contributed by atoms with Crippen molar-refractivity contribution in [2.75, 3.05) is 0 Å². The van der Waals surface area contributed by atoms with Crippen molar-refractivity contribution in [2.24, 2.45) is 0 Å². The molecule has 3 unspecified atom stereocenters. The first-order valence-corrected chi connectivity index (χ1v) is 33.7. The molecule has 0 saturated heterocycles. The molecule has 3 aliphatic rings. The van der Waals surface area contributed by atoms with Crippen LogP contribution >= 0.6 is 0 Å². The maximum Gasteiger partial charge on any atom is 0.259 e. The van der Waals surface area contributed by atoms with Crippen molar-refractivity contribution < 1.29 is 14.4 Å². The van der Waals surface area contributed by atoms with E-state index in [-0.39, 0.29) is 34.4 Å². The quantitative estimate of drug-likeness (QED) is 0.131. The highest BCUT2D eigenvalue weighted by atomic mass is 16.2. The maximum absolute atomic E-state index is 15.6. The molecule has 0 spiro atoms. The second-order valence-corrected chi connectivity index (χ2v) is 29.6. The van der Waals surface area contributed by atoms with E-state index in [0.717, 1.165) is 100 Å². The number of rotatable bonds is 9. The highest BCUT2D eigenvalue weighted by Crippen LogP contribution is 2.51. The molecule has 3 atom stereocenters. The lowest BCUT2D eigenvalue weighted by atomic mass is 9.88. The van der Waals surface area contributed by atoms with E-state index in [9.17, 15) is 14.4 Å². The van der Waals surface area contributed by atoms with Crippen molar-refractivity contribution in [3.05, 3.63) is 284 Å². The molecule has 0 aliphatic carbocycles. The average molecular weight is 1300 g/mol. The van der Waals surface area contributed by atoms with Crippen LogP contribution in [0.25, 0.3) is 133 Å². The lowest BCUT2D eigenvalue weighted by molar-refractivity contribution is -0.125. The minimum Gasteiger partial charge on any atom is -0.349 e. The van der Waals surface area contributed by atoms with Crippen LogP contribution in [0.2, 0.25) is 0 Å². The fourth-order valence-corrected chi connectivity index (χ4v) is 15.5. The molecule has 0 bridgehead atoms. The summed E-state index contributed by atoms with van der Waals surface area (Å²) in [6.45, 7) is 17.4. The summed E-state index contributed by atoms with van der Waals surface area (Å²) in [5.41, 5.74) is 13.9. The van der Waals surface area contributed by atoms with Gasteiger partial charge < -0.3 is 16.0 Å². The molecule has 16 rings (SSSR count). The van der Waals surface area contributed by atoms with Gasteiger partial charge >= 0.3 is 0 Å². The Morgan fingerprint density at radius 1 is 0.273 bits per heavy atom. The number of benzene rings is 10. The number of hydrogen-bond donors (Lipinski definition) is 3. The number of nitrogens with zero attached hydrogens (tertiary/aromatic N) is 3. The van der Waals surface area contributed by atoms with Gasteiger partial charge in [0.1, 0.15) is 18.1 Å². The Hall–Kier alpha value is -11.8. The van der Waals surface area contributed by atoms with Crippen LogP contribution in [0.3, 0.4) is 0 Å². The Labute approximate surface area is 572 Å². The summed E-state index contributed by atoms with van der Waals surface area (Å²) >= 11 is 0. The van der Waals surface area contributed by atoms with E-state index in [2.05, 4.69) is 52.3 Å². The Balaban J connectivity index is 0.969. The number of carbonyl (C=O) groups is 3. The second-order valence-electron chi connectivity index (χ2n) is 29.6. The van der Waals surface area contributed by atoms with E-state index < -0.39 is 34.7 Å². The van der Waals surface area contributed by atoms with Crippen molar-refractivity contribution in [1.82, 2.24) is 29.7 Å². The van der Waals surface area contributed by atoms with E-state index in [1.165, 1.54) is 0 Å². The van der Waals surface area contributed by atoms with Crippen molar-refractivity contribution >= 4 is 50.0 Å². The highest BCUT2D eigenvalue weighted by Gasteiger charge is 2.42. The normalized spacial score (nSPS) is 15.1. The molecule has 0 radical (unpaired) electrons. The Morgan fingerprint density at radius 3 is 0.768 bits per heavy atom. The zero-order valence-electron chi connectivity index (χ0n) is 56.5. The zero-order chi connectivity index (χ0) is 68.7. The van der Waals surface area contributed by atoms with E-state index in [0.29, 0.717) is 49.4 Å². The number of hydrogen-bond acceptors (Lipinski definition) is 6. The SMILES string of the molecule is CC(C)(C)NC(=O)C1c2ccccc2-c2c(-c3ccccc3)c3cc(-c4cc(-c5ccc6c(=O)n7c(c(-c8ccccc8)c6c5)-c5ccccc5C7C(=O)NC(C)(C)C)cc(-c5ccc6c(=O)n7c(c(-c8ccccc8)c6c5)-c5ccccc5C7C(=O)NC(C)(C)C)c4)ccc3c(=O)n21. The monoisotopic (exact) mass is 1300 g/mol. The number of pyridine rings is 3. The predicted octanol–water partition coefficient (Wildman–Crippen LogP) is 17.1. The van der Waals surface area contributed by atoms with Crippen LogP contribution in [0.4, 0.5) is 0 Å². The van der Waals surface area contributed by atoms with Gasteiger partial charge in [-0.2, -0.15) is 0 Å². The first kappa shape index (κ1) is 62.1. The molecule has 12 nitrogen and oxygen atoms in total. The first-order chi connectivity index (χ1) is 47.5. The Bertz CT molecular complexity index is 5230. The molecule has 6 heterocycles. The number of aromatic nitrogens is 3. The summed E-state index contributed by atoms with van der Waals surface area (Å²) in [7, 11) is 0. The fourth-order valence-electron chi connectivity index (χ4n) is 15.5. The van der Waals surface area contributed by atoms with Gasteiger partial charge in [0.2, 0.25) is 17.7 Å². The fraction of sp³-hybridized carbons (Fsp3) is 0.172. The molecule has 13 aromatic rings. The molecule has 99 heavy (non-hydrogen) atoms.